The van der Waals surface area contributed by atoms with Crippen LogP contribution in [0.2, 0.25) is 10.0 Å². The Kier molecular flexibility index (Phi) is 6.47. The topological polar surface area (TPSA) is 50.8 Å². The summed E-state index contributed by atoms with van der Waals surface area (Å²) in [5, 5.41) is 3.83. The fourth-order valence-electron chi connectivity index (χ4n) is 3.43. The van der Waals surface area contributed by atoms with Crippen LogP contribution in [-0.2, 0) is 4.79 Å². The summed E-state index contributed by atoms with van der Waals surface area (Å²) in [4.78, 5) is 14.7. The van der Waals surface area contributed by atoms with Crippen LogP contribution in [0.25, 0.3) is 0 Å². The molecular weight excluding hydrogens is 387 g/mol. The van der Waals surface area contributed by atoms with Crippen molar-refractivity contribution >= 4 is 34.8 Å². The van der Waals surface area contributed by atoms with Gasteiger partial charge < -0.3 is 14.8 Å². The minimum absolute atomic E-state index is 0.117. The van der Waals surface area contributed by atoms with E-state index in [1.165, 1.54) is 0 Å². The smallest absolute Gasteiger partial charge is 0.238 e. The number of nitrogens with zero attached hydrogens (tertiary/aromatic N) is 1. The first-order valence-corrected chi connectivity index (χ1v) is 9.48. The van der Waals surface area contributed by atoms with Crippen LogP contribution in [0.4, 0.5) is 5.69 Å². The van der Waals surface area contributed by atoms with Crippen LogP contribution in [0, 0.1) is 0 Å². The molecule has 1 amide bonds. The predicted octanol–water partition coefficient (Wildman–Crippen LogP) is 4.79. The highest BCUT2D eigenvalue weighted by Gasteiger charge is 2.30. The number of anilines is 1. The summed E-state index contributed by atoms with van der Waals surface area (Å²) in [6.45, 7) is 1.11. The summed E-state index contributed by atoms with van der Waals surface area (Å²) in [6.07, 6.45) is 1.99. The van der Waals surface area contributed by atoms with Crippen LogP contribution in [-0.4, -0.2) is 38.1 Å². The average Bonchev–Trinajstić information content (AvgIpc) is 3.11. The molecule has 1 heterocycles. The van der Waals surface area contributed by atoms with Gasteiger partial charge in [0, 0.05) is 22.7 Å². The molecule has 0 aliphatic carbocycles. The molecular formula is C20H22Cl2N2O3. The molecule has 144 valence electrons. The number of hydrogen-bond acceptors (Lipinski definition) is 4. The summed E-state index contributed by atoms with van der Waals surface area (Å²) in [6, 6.07) is 10.9. The van der Waals surface area contributed by atoms with Crippen molar-refractivity contribution in [2.24, 2.45) is 0 Å². The molecule has 1 N–H and O–H groups in total. The first-order valence-electron chi connectivity index (χ1n) is 8.72. The number of likely N-dealkylation sites (tertiary alicyclic amines) is 1. The third-order valence-corrected chi connectivity index (χ3v) is 5.28. The number of halogens is 2. The van der Waals surface area contributed by atoms with E-state index in [0.29, 0.717) is 15.7 Å². The highest BCUT2D eigenvalue weighted by Crippen LogP contribution is 2.38. The first-order chi connectivity index (χ1) is 13.0. The molecule has 0 saturated carbocycles. The van der Waals surface area contributed by atoms with Gasteiger partial charge in [0.2, 0.25) is 5.91 Å². The van der Waals surface area contributed by atoms with Gasteiger partial charge in [-0.3, -0.25) is 9.69 Å². The Morgan fingerprint density at radius 2 is 2.00 bits per heavy atom. The molecule has 2 aromatic carbocycles. The fraction of sp³-hybridized carbons (Fsp3) is 0.350. The molecule has 7 heteroatoms. The van der Waals surface area contributed by atoms with Crippen molar-refractivity contribution in [1.82, 2.24) is 4.90 Å². The number of amides is 1. The number of methoxy groups -OCH3 is 2. The van der Waals surface area contributed by atoms with Crippen LogP contribution in [0.1, 0.15) is 24.4 Å². The van der Waals surface area contributed by atoms with Crippen molar-refractivity contribution < 1.29 is 14.3 Å². The number of benzene rings is 2. The second-order valence-corrected chi connectivity index (χ2v) is 7.25. The van der Waals surface area contributed by atoms with Gasteiger partial charge in [-0.1, -0.05) is 29.3 Å². The van der Waals surface area contributed by atoms with E-state index in [-0.39, 0.29) is 18.5 Å². The first kappa shape index (κ1) is 19.8. The van der Waals surface area contributed by atoms with Crippen LogP contribution >= 0.6 is 23.2 Å². The van der Waals surface area contributed by atoms with E-state index in [1.54, 1.807) is 32.4 Å². The summed E-state index contributed by atoms with van der Waals surface area (Å²) in [7, 11) is 3.27. The Balaban J connectivity index is 1.73. The summed E-state index contributed by atoms with van der Waals surface area (Å²) < 4.78 is 10.8. The van der Waals surface area contributed by atoms with Gasteiger partial charge in [0.25, 0.3) is 0 Å². The predicted molar refractivity (Wildman–Crippen MR) is 108 cm³/mol. The molecule has 0 radical (unpaired) electrons. The summed E-state index contributed by atoms with van der Waals surface area (Å²) >= 11 is 12.1. The lowest BCUT2D eigenvalue weighted by molar-refractivity contribution is -0.117. The van der Waals surface area contributed by atoms with Gasteiger partial charge in [-0.15, -0.1) is 0 Å². The molecule has 0 bridgehead atoms. The van der Waals surface area contributed by atoms with Gasteiger partial charge in [0.15, 0.2) is 0 Å². The van der Waals surface area contributed by atoms with Crippen molar-refractivity contribution in [3.63, 3.8) is 0 Å². The zero-order chi connectivity index (χ0) is 19.4. The molecule has 0 aromatic heterocycles. The molecule has 1 saturated heterocycles. The van der Waals surface area contributed by atoms with Gasteiger partial charge in [-0.05, 0) is 43.7 Å². The Morgan fingerprint density at radius 3 is 2.74 bits per heavy atom. The maximum atomic E-state index is 12.6. The normalized spacial score (nSPS) is 17.0. The molecule has 1 fully saturated rings. The molecule has 3 rings (SSSR count). The van der Waals surface area contributed by atoms with Crippen molar-refractivity contribution in [3.05, 3.63) is 52.0 Å². The molecule has 1 aliphatic rings. The molecule has 5 nitrogen and oxygen atoms in total. The van der Waals surface area contributed by atoms with Crippen LogP contribution in [0.15, 0.2) is 36.4 Å². The van der Waals surface area contributed by atoms with Gasteiger partial charge >= 0.3 is 0 Å². The van der Waals surface area contributed by atoms with Crippen molar-refractivity contribution in [3.8, 4) is 11.5 Å². The highest BCUT2D eigenvalue weighted by molar-refractivity contribution is 6.35. The average molecular weight is 409 g/mol. The molecule has 2 aromatic rings. The van der Waals surface area contributed by atoms with Crippen molar-refractivity contribution in [2.75, 3.05) is 32.6 Å². The number of hydrogen-bond donors (Lipinski definition) is 1. The number of rotatable bonds is 6. The van der Waals surface area contributed by atoms with Gasteiger partial charge in [0.1, 0.15) is 11.5 Å². The van der Waals surface area contributed by atoms with E-state index in [0.717, 1.165) is 36.4 Å². The quantitative estimate of drug-likeness (QED) is 0.746. The minimum Gasteiger partial charge on any atom is -0.497 e. The van der Waals surface area contributed by atoms with Crippen LogP contribution < -0.4 is 14.8 Å². The number of nitrogens with one attached hydrogen (secondary N) is 1. The van der Waals surface area contributed by atoms with Crippen LogP contribution in [0.3, 0.4) is 0 Å². The number of ether oxygens (including phenoxy) is 2. The summed E-state index contributed by atoms with van der Waals surface area (Å²) in [5.41, 5.74) is 1.58. The monoisotopic (exact) mass is 408 g/mol. The number of carbonyl (C=O) groups excluding carboxylic acids is 1. The van der Waals surface area contributed by atoms with Crippen molar-refractivity contribution in [1.29, 1.82) is 0 Å². The van der Waals surface area contributed by atoms with E-state index in [4.69, 9.17) is 32.7 Å². The Morgan fingerprint density at radius 1 is 1.19 bits per heavy atom. The van der Waals surface area contributed by atoms with Crippen molar-refractivity contribution in [2.45, 2.75) is 18.9 Å². The third kappa shape index (κ3) is 4.67. The molecule has 27 heavy (non-hydrogen) atoms. The van der Waals surface area contributed by atoms with E-state index < -0.39 is 0 Å². The maximum Gasteiger partial charge on any atom is 0.238 e. The van der Waals surface area contributed by atoms with E-state index in [9.17, 15) is 4.79 Å². The molecule has 1 atom stereocenters. The van der Waals surface area contributed by atoms with E-state index >= 15 is 0 Å². The van der Waals surface area contributed by atoms with Crippen LogP contribution in [0.5, 0.6) is 11.5 Å². The molecule has 1 aliphatic heterocycles. The Labute approximate surface area is 169 Å². The minimum atomic E-state index is -0.126. The standard InChI is InChI=1S/C20H22Cl2N2O3/c1-26-14-6-7-15(19(11-14)27-2)18-4-3-9-24(18)12-20(25)23-17-10-13(21)5-8-16(17)22/h5-8,10-11,18H,3-4,9,12H2,1-2H3,(H,23,25)/t18-/m0/s1. The van der Waals surface area contributed by atoms with Gasteiger partial charge in [0.05, 0.1) is 31.5 Å². The van der Waals surface area contributed by atoms with E-state index in [1.807, 2.05) is 18.2 Å². The third-order valence-electron chi connectivity index (χ3n) is 4.71. The lowest BCUT2D eigenvalue weighted by Crippen LogP contribution is -2.33. The second-order valence-electron chi connectivity index (χ2n) is 6.41. The Hall–Kier alpha value is -1.95. The highest BCUT2D eigenvalue weighted by atomic mass is 35.5. The lowest BCUT2D eigenvalue weighted by atomic mass is 10.0. The molecule has 0 spiro atoms. The molecule has 0 unspecified atom stereocenters. The zero-order valence-electron chi connectivity index (χ0n) is 15.3. The fourth-order valence-corrected chi connectivity index (χ4v) is 3.77. The van der Waals surface area contributed by atoms with Gasteiger partial charge in [-0.25, -0.2) is 0 Å². The SMILES string of the molecule is COc1ccc([C@@H]2CCCN2CC(=O)Nc2cc(Cl)ccc2Cl)c(OC)c1. The maximum absolute atomic E-state index is 12.6. The zero-order valence-corrected chi connectivity index (χ0v) is 16.8. The summed E-state index contributed by atoms with van der Waals surface area (Å²) in [5.74, 6) is 1.39. The second kappa shape index (κ2) is 8.83. The largest absolute Gasteiger partial charge is 0.497 e. The van der Waals surface area contributed by atoms with E-state index in [2.05, 4.69) is 10.2 Å². The lowest BCUT2D eigenvalue weighted by Gasteiger charge is -2.26. The van der Waals surface area contributed by atoms with Gasteiger partial charge in [-0.2, -0.15) is 0 Å². The Bertz CT molecular complexity index is 829. The number of carbonyl (C=O) groups is 1.